The summed E-state index contributed by atoms with van der Waals surface area (Å²) >= 11 is 7.17. The zero-order valence-electron chi connectivity index (χ0n) is 35.8. The number of alkyl halides is 2. The first-order valence-electron chi connectivity index (χ1n) is 22.7. The molecule has 0 N–H and O–H groups in total. The molecule has 0 radical (unpaired) electrons. The minimum atomic E-state index is 0.0389. The molecule has 0 aliphatic heterocycles. The van der Waals surface area contributed by atoms with E-state index in [1.54, 1.807) is 0 Å². The topological polar surface area (TPSA) is 18.5 Å². The fraction of sp³-hybridized carbons (Fsp3) is 0.310. The van der Waals surface area contributed by atoms with Crippen molar-refractivity contribution in [3.8, 4) is 35.2 Å². The number of ether oxygens (including phenoxy) is 2. The van der Waals surface area contributed by atoms with Gasteiger partial charge in [-0.25, -0.2) is 0 Å². The average Bonchev–Trinajstić information content (AvgIpc) is 3.31. The fourth-order valence-electron chi connectivity index (χ4n) is 11.1. The van der Waals surface area contributed by atoms with Gasteiger partial charge in [0.1, 0.15) is 11.5 Å². The van der Waals surface area contributed by atoms with Crippen LogP contribution < -0.4 is 9.47 Å². The van der Waals surface area contributed by atoms with Crippen molar-refractivity contribution >= 4 is 31.9 Å². The third kappa shape index (κ3) is 7.03. The third-order valence-electron chi connectivity index (χ3n) is 13.7. The molecule has 0 fully saturated rings. The smallest absolute Gasteiger partial charge is 0.135 e. The highest BCUT2D eigenvalue weighted by atomic mass is 79.9. The van der Waals surface area contributed by atoms with Crippen LogP contribution in [-0.4, -0.2) is 23.9 Å². The van der Waals surface area contributed by atoms with E-state index in [0.717, 1.165) is 64.5 Å². The van der Waals surface area contributed by atoms with Crippen LogP contribution in [0, 0.1) is 30.6 Å². The molecule has 310 valence electrons. The first kappa shape index (κ1) is 41.0. The van der Waals surface area contributed by atoms with Gasteiger partial charge in [0, 0.05) is 45.5 Å². The minimum absolute atomic E-state index is 0.0389. The van der Waals surface area contributed by atoms with Crippen molar-refractivity contribution in [3.05, 3.63) is 198 Å². The van der Waals surface area contributed by atoms with Gasteiger partial charge in [0.2, 0.25) is 0 Å². The molecule has 6 aliphatic rings. The van der Waals surface area contributed by atoms with Gasteiger partial charge in [-0.05, 0) is 124 Å². The maximum Gasteiger partial charge on any atom is 0.135 e. The molecular weight excluding hydrogens is 888 g/mol. The van der Waals surface area contributed by atoms with E-state index in [4.69, 9.17) is 9.47 Å². The van der Waals surface area contributed by atoms with Crippen molar-refractivity contribution in [2.45, 2.75) is 88.9 Å². The quantitative estimate of drug-likeness (QED) is 0.0614. The summed E-state index contributed by atoms with van der Waals surface area (Å²) in [5.41, 5.74) is 20.8. The molecule has 0 atom stereocenters. The second-order valence-electron chi connectivity index (χ2n) is 17.3. The molecule has 62 heavy (non-hydrogen) atoms. The van der Waals surface area contributed by atoms with Crippen LogP contribution in [0.2, 0.25) is 0 Å². The zero-order chi connectivity index (χ0) is 42.2. The predicted molar refractivity (Wildman–Crippen MR) is 261 cm³/mol. The van der Waals surface area contributed by atoms with Crippen molar-refractivity contribution in [3.63, 3.8) is 0 Å². The summed E-state index contributed by atoms with van der Waals surface area (Å²) in [5.74, 6) is 17.1. The Kier molecular flexibility index (Phi) is 11.9. The molecule has 0 heterocycles. The van der Waals surface area contributed by atoms with Gasteiger partial charge in [-0.1, -0.05) is 172 Å². The summed E-state index contributed by atoms with van der Waals surface area (Å²) in [7, 11) is 0. The number of hydrogen-bond acceptors (Lipinski definition) is 2. The van der Waals surface area contributed by atoms with Crippen LogP contribution in [0.1, 0.15) is 171 Å². The molecule has 6 aliphatic carbocycles. The highest BCUT2D eigenvalue weighted by Crippen LogP contribution is 2.64. The standard InChI is InChI=1S/C58H52Br2O2/c1-3-20-47-55-51-39-21-8-12-25-43(39)53(44-26-13-9-22-40(44)51)57(55)48(58-54-45-27-14-10-23-41(45)52(56(47)58)42-24-11-15-28-46(42)54)30-29-38-36-49(61-33-18-6-4-16-31-59)37(2)35-50(38)62-34-19-7-5-17-32-60/h8-15,21-28,35-36,51-54H,4-7,16-19,31-34H2,1-2H3. The molecule has 4 bridgehead atoms. The van der Waals surface area contributed by atoms with Crippen molar-refractivity contribution < 1.29 is 9.47 Å². The Balaban J connectivity index is 1.20. The van der Waals surface area contributed by atoms with Gasteiger partial charge < -0.3 is 9.47 Å². The van der Waals surface area contributed by atoms with E-state index >= 15 is 0 Å². The van der Waals surface area contributed by atoms with Crippen molar-refractivity contribution in [2.24, 2.45) is 0 Å². The van der Waals surface area contributed by atoms with Crippen LogP contribution in [0.3, 0.4) is 0 Å². The Labute approximate surface area is 385 Å². The maximum atomic E-state index is 6.68. The van der Waals surface area contributed by atoms with Gasteiger partial charge >= 0.3 is 0 Å². The first-order valence-corrected chi connectivity index (χ1v) is 24.9. The lowest BCUT2D eigenvalue weighted by molar-refractivity contribution is 0.295. The van der Waals surface area contributed by atoms with Crippen LogP contribution in [-0.2, 0) is 0 Å². The molecule has 6 aromatic rings. The normalized spacial score (nSPS) is 17.5. The second-order valence-corrected chi connectivity index (χ2v) is 18.9. The van der Waals surface area contributed by atoms with Crippen LogP contribution in [0.25, 0.3) is 0 Å². The van der Waals surface area contributed by atoms with Crippen LogP contribution >= 0.6 is 31.9 Å². The highest BCUT2D eigenvalue weighted by molar-refractivity contribution is 9.09. The Hall–Kier alpha value is -5.00. The third-order valence-corrected chi connectivity index (χ3v) is 14.8. The lowest BCUT2D eigenvalue weighted by Crippen LogP contribution is -2.35. The Morgan fingerprint density at radius 1 is 0.435 bits per heavy atom. The second kappa shape index (κ2) is 18.0. The van der Waals surface area contributed by atoms with Gasteiger partial charge in [-0.2, -0.15) is 0 Å². The van der Waals surface area contributed by atoms with Gasteiger partial charge in [-0.15, -0.1) is 5.92 Å². The molecule has 12 rings (SSSR count). The summed E-state index contributed by atoms with van der Waals surface area (Å²) in [4.78, 5) is 0. The van der Waals surface area contributed by atoms with Crippen molar-refractivity contribution in [1.29, 1.82) is 0 Å². The van der Waals surface area contributed by atoms with Crippen molar-refractivity contribution in [1.82, 2.24) is 0 Å². The molecule has 2 nitrogen and oxygen atoms in total. The number of halogens is 2. The molecular formula is C58H52Br2O2. The number of rotatable bonds is 14. The summed E-state index contributed by atoms with van der Waals surface area (Å²) in [6, 6.07) is 40.9. The molecule has 6 aromatic carbocycles. The Morgan fingerprint density at radius 2 is 0.790 bits per heavy atom. The van der Waals surface area contributed by atoms with E-state index in [1.165, 1.54) is 98.0 Å². The van der Waals surface area contributed by atoms with E-state index < -0.39 is 0 Å². The fourth-order valence-corrected chi connectivity index (χ4v) is 11.9. The number of unbranched alkanes of at least 4 members (excludes halogenated alkanes) is 6. The summed E-state index contributed by atoms with van der Waals surface area (Å²) in [5, 5.41) is 2.09. The zero-order valence-corrected chi connectivity index (χ0v) is 38.9. The van der Waals surface area contributed by atoms with E-state index in [9.17, 15) is 0 Å². The van der Waals surface area contributed by atoms with Gasteiger partial charge in [0.05, 0.1) is 18.8 Å². The lowest BCUT2D eigenvalue weighted by atomic mass is 9.53. The molecule has 0 unspecified atom stereocenters. The summed E-state index contributed by atoms with van der Waals surface area (Å²) in [6.45, 7) is 5.49. The van der Waals surface area contributed by atoms with Crippen LogP contribution in [0.5, 0.6) is 11.5 Å². The van der Waals surface area contributed by atoms with Gasteiger partial charge in [-0.3, -0.25) is 0 Å². The molecule has 0 aromatic heterocycles. The SMILES string of the molecule is CC#Cc1c2c(c(C#Cc3cc(OCCCCCCBr)c(C)cc3OCCCCCCBr)c3c1C1c4ccccc4C3c3ccccc31)C1c3ccccc3C2c2ccccc21. The van der Waals surface area contributed by atoms with E-state index in [2.05, 4.69) is 172 Å². The molecule has 0 saturated heterocycles. The molecule has 0 saturated carbocycles. The number of hydrogen-bond donors (Lipinski definition) is 0. The van der Waals surface area contributed by atoms with E-state index in [-0.39, 0.29) is 23.7 Å². The monoisotopic (exact) mass is 938 g/mol. The molecule has 0 amide bonds. The minimum Gasteiger partial charge on any atom is -0.493 e. The van der Waals surface area contributed by atoms with E-state index in [1.807, 2.05) is 6.92 Å². The molecule has 0 spiro atoms. The number of benzene rings is 6. The van der Waals surface area contributed by atoms with Crippen molar-refractivity contribution in [2.75, 3.05) is 23.9 Å². The Bertz CT molecular complexity index is 2590. The summed E-state index contributed by atoms with van der Waals surface area (Å²) < 4.78 is 13.2. The summed E-state index contributed by atoms with van der Waals surface area (Å²) in [6.07, 6.45) is 9.12. The highest BCUT2D eigenvalue weighted by Gasteiger charge is 2.50. The number of aryl methyl sites for hydroxylation is 1. The van der Waals surface area contributed by atoms with Crippen LogP contribution in [0.15, 0.2) is 109 Å². The van der Waals surface area contributed by atoms with Gasteiger partial charge in [0.15, 0.2) is 0 Å². The van der Waals surface area contributed by atoms with E-state index in [0.29, 0.717) is 13.2 Å². The lowest BCUT2D eigenvalue weighted by Gasteiger charge is -2.48. The predicted octanol–water partition coefficient (Wildman–Crippen LogP) is 14.4. The maximum absolute atomic E-state index is 6.68. The Morgan fingerprint density at radius 3 is 1.16 bits per heavy atom. The first-order chi connectivity index (χ1) is 30.6. The van der Waals surface area contributed by atoms with Gasteiger partial charge in [0.25, 0.3) is 0 Å². The average molecular weight is 941 g/mol. The van der Waals surface area contributed by atoms with Crippen LogP contribution in [0.4, 0.5) is 0 Å². The molecule has 4 heteroatoms. The largest absolute Gasteiger partial charge is 0.493 e.